The number of unbranched alkanes of at least 4 members (excludes halogenated alkanes) is 1. The average molecular weight is 187 g/mol. The first kappa shape index (κ1) is 11.6. The summed E-state index contributed by atoms with van der Waals surface area (Å²) in [5.74, 6) is 0. The molecule has 3 nitrogen and oxygen atoms in total. The van der Waals surface area contributed by atoms with Gasteiger partial charge in [0.25, 0.3) is 0 Å². The first-order chi connectivity index (χ1) is 5.62. The second-order valence-electron chi connectivity index (χ2n) is 3.39. The number of hydrogen-bond acceptors (Lipinski definition) is 3. The molecule has 0 rings (SSSR count). The molecule has 0 bridgehead atoms. The standard InChI is InChI=1S/C8H17NO2Si/c1-11-12(2,3)7-5-4-6-9-8-10/h4-7H2,1-3H3. The van der Waals surface area contributed by atoms with E-state index in [-0.39, 0.29) is 0 Å². The van der Waals surface area contributed by atoms with Gasteiger partial charge in [-0.1, -0.05) is 6.42 Å². The van der Waals surface area contributed by atoms with Crippen LogP contribution in [0.1, 0.15) is 12.8 Å². The van der Waals surface area contributed by atoms with Crippen molar-refractivity contribution in [3.63, 3.8) is 0 Å². The van der Waals surface area contributed by atoms with Crippen LogP contribution in [0.4, 0.5) is 0 Å². The molecule has 0 aromatic heterocycles. The number of nitrogens with zero attached hydrogens (tertiary/aromatic N) is 1. The van der Waals surface area contributed by atoms with Crippen LogP contribution in [-0.4, -0.2) is 28.1 Å². The Kier molecular flexibility index (Phi) is 5.89. The summed E-state index contributed by atoms with van der Waals surface area (Å²) in [4.78, 5) is 13.2. The first-order valence-electron chi connectivity index (χ1n) is 4.21. The highest BCUT2D eigenvalue weighted by molar-refractivity contribution is 6.71. The predicted octanol–water partition coefficient (Wildman–Crippen LogP) is 1.95. The third-order valence-corrected chi connectivity index (χ3v) is 4.58. The fraction of sp³-hybridized carbons (Fsp3) is 0.875. The smallest absolute Gasteiger partial charge is 0.234 e. The van der Waals surface area contributed by atoms with Crippen molar-refractivity contribution in [2.75, 3.05) is 13.7 Å². The van der Waals surface area contributed by atoms with Crippen LogP contribution < -0.4 is 0 Å². The van der Waals surface area contributed by atoms with E-state index >= 15 is 0 Å². The van der Waals surface area contributed by atoms with Crippen LogP contribution in [-0.2, 0) is 9.22 Å². The Morgan fingerprint density at radius 2 is 2.08 bits per heavy atom. The van der Waals surface area contributed by atoms with Gasteiger partial charge in [-0.15, -0.1) is 0 Å². The number of carbonyl (C=O) groups excluding carboxylic acids is 1. The van der Waals surface area contributed by atoms with Crippen molar-refractivity contribution >= 4 is 14.4 Å². The van der Waals surface area contributed by atoms with Gasteiger partial charge in [-0.05, 0) is 25.6 Å². The van der Waals surface area contributed by atoms with Gasteiger partial charge in [-0.25, -0.2) is 9.79 Å². The maximum absolute atomic E-state index is 9.71. The van der Waals surface area contributed by atoms with E-state index in [9.17, 15) is 4.79 Å². The summed E-state index contributed by atoms with van der Waals surface area (Å²) in [6, 6.07) is 1.14. The van der Waals surface area contributed by atoms with Gasteiger partial charge in [-0.3, -0.25) is 0 Å². The van der Waals surface area contributed by atoms with Crippen LogP contribution in [0.3, 0.4) is 0 Å². The maximum atomic E-state index is 9.71. The molecule has 0 spiro atoms. The van der Waals surface area contributed by atoms with Gasteiger partial charge in [0.2, 0.25) is 6.08 Å². The largest absolute Gasteiger partial charge is 0.420 e. The Morgan fingerprint density at radius 3 is 2.58 bits per heavy atom. The van der Waals surface area contributed by atoms with Crippen LogP contribution in [0, 0.1) is 0 Å². The molecule has 4 heteroatoms. The van der Waals surface area contributed by atoms with Gasteiger partial charge < -0.3 is 4.43 Å². The molecule has 0 aromatic rings. The lowest BCUT2D eigenvalue weighted by Crippen LogP contribution is -2.27. The Balaban J connectivity index is 3.36. The Bertz CT molecular complexity index is 164. The van der Waals surface area contributed by atoms with Crippen molar-refractivity contribution in [2.45, 2.75) is 32.0 Å². The van der Waals surface area contributed by atoms with E-state index < -0.39 is 8.32 Å². The molecule has 0 aliphatic carbocycles. The minimum atomic E-state index is -1.38. The van der Waals surface area contributed by atoms with E-state index in [1.165, 1.54) is 6.08 Å². The third-order valence-electron chi connectivity index (χ3n) is 1.92. The number of hydrogen-bond donors (Lipinski definition) is 0. The molecule has 0 saturated heterocycles. The van der Waals surface area contributed by atoms with E-state index in [2.05, 4.69) is 18.1 Å². The molecule has 0 fully saturated rings. The molecule has 0 aliphatic rings. The SMILES string of the molecule is CO[Si](C)(C)CCCCN=C=O. The fourth-order valence-electron chi connectivity index (χ4n) is 0.889. The highest BCUT2D eigenvalue weighted by atomic mass is 28.4. The molecule has 0 radical (unpaired) electrons. The lowest BCUT2D eigenvalue weighted by atomic mass is 10.3. The lowest BCUT2D eigenvalue weighted by Gasteiger charge is -2.18. The molecule has 70 valence electrons. The van der Waals surface area contributed by atoms with Crippen LogP contribution >= 0.6 is 0 Å². The van der Waals surface area contributed by atoms with Gasteiger partial charge in [0, 0.05) is 7.11 Å². The first-order valence-corrected chi connectivity index (χ1v) is 7.33. The average Bonchev–Trinajstić information content (AvgIpc) is 2.04. The molecule has 0 atom stereocenters. The van der Waals surface area contributed by atoms with E-state index in [0.29, 0.717) is 6.54 Å². The van der Waals surface area contributed by atoms with E-state index in [0.717, 1.165) is 18.9 Å². The topological polar surface area (TPSA) is 38.7 Å². The van der Waals surface area contributed by atoms with Gasteiger partial charge in [0.1, 0.15) is 0 Å². The molecule has 0 N–H and O–H groups in total. The van der Waals surface area contributed by atoms with Crippen molar-refractivity contribution in [2.24, 2.45) is 4.99 Å². The van der Waals surface area contributed by atoms with Crippen LogP contribution in [0.15, 0.2) is 4.99 Å². The molecule has 0 unspecified atom stereocenters. The summed E-state index contributed by atoms with van der Waals surface area (Å²) in [5, 5.41) is 0. The van der Waals surface area contributed by atoms with Gasteiger partial charge in [-0.2, -0.15) is 0 Å². The number of rotatable bonds is 6. The summed E-state index contributed by atoms with van der Waals surface area (Å²) in [5.41, 5.74) is 0. The molecule has 0 aromatic carbocycles. The Morgan fingerprint density at radius 1 is 1.42 bits per heavy atom. The zero-order chi connectivity index (χ0) is 9.45. The summed E-state index contributed by atoms with van der Waals surface area (Å²) in [7, 11) is 0.396. The fourth-order valence-corrected chi connectivity index (χ4v) is 2.19. The molecular weight excluding hydrogens is 170 g/mol. The molecule has 0 amide bonds. The second-order valence-corrected chi connectivity index (χ2v) is 7.82. The van der Waals surface area contributed by atoms with Crippen molar-refractivity contribution < 1.29 is 9.22 Å². The quantitative estimate of drug-likeness (QED) is 0.276. The molecule has 12 heavy (non-hydrogen) atoms. The number of isocyanates is 1. The number of aliphatic imine (C=N–C) groups is 1. The highest BCUT2D eigenvalue weighted by Crippen LogP contribution is 2.13. The second kappa shape index (κ2) is 6.12. The zero-order valence-electron chi connectivity index (χ0n) is 8.09. The van der Waals surface area contributed by atoms with Crippen molar-refractivity contribution in [3.05, 3.63) is 0 Å². The van der Waals surface area contributed by atoms with Crippen LogP contribution in [0.25, 0.3) is 0 Å². The molecule has 0 aliphatic heterocycles. The van der Waals surface area contributed by atoms with Crippen molar-refractivity contribution in [1.29, 1.82) is 0 Å². The van der Waals surface area contributed by atoms with Crippen LogP contribution in [0.2, 0.25) is 19.1 Å². The Hall–Kier alpha value is -0.443. The normalized spacial score (nSPS) is 10.9. The van der Waals surface area contributed by atoms with Crippen molar-refractivity contribution in [1.82, 2.24) is 0 Å². The van der Waals surface area contributed by atoms with E-state index in [1.807, 2.05) is 0 Å². The summed E-state index contributed by atoms with van der Waals surface area (Å²) in [6.45, 7) is 4.99. The highest BCUT2D eigenvalue weighted by Gasteiger charge is 2.18. The zero-order valence-corrected chi connectivity index (χ0v) is 9.09. The van der Waals surface area contributed by atoms with Gasteiger partial charge >= 0.3 is 0 Å². The monoisotopic (exact) mass is 187 g/mol. The summed E-state index contributed by atoms with van der Waals surface area (Å²) in [6.07, 6.45) is 3.60. The van der Waals surface area contributed by atoms with E-state index in [1.54, 1.807) is 7.11 Å². The summed E-state index contributed by atoms with van der Waals surface area (Å²) >= 11 is 0. The predicted molar refractivity (Wildman–Crippen MR) is 51.5 cm³/mol. The molecular formula is C8H17NO2Si. The van der Waals surface area contributed by atoms with Crippen molar-refractivity contribution in [3.8, 4) is 0 Å². The lowest BCUT2D eigenvalue weighted by molar-refractivity contribution is 0.401. The Labute approximate surface area is 75.0 Å². The molecule has 0 heterocycles. The maximum Gasteiger partial charge on any atom is 0.234 e. The van der Waals surface area contributed by atoms with Gasteiger partial charge in [0.15, 0.2) is 8.32 Å². The minimum absolute atomic E-state index is 0.609. The molecule has 0 saturated carbocycles. The van der Waals surface area contributed by atoms with Crippen LogP contribution in [0.5, 0.6) is 0 Å². The van der Waals surface area contributed by atoms with E-state index in [4.69, 9.17) is 4.43 Å². The van der Waals surface area contributed by atoms with Gasteiger partial charge in [0.05, 0.1) is 6.54 Å². The minimum Gasteiger partial charge on any atom is -0.420 e. The third kappa shape index (κ3) is 6.28. The summed E-state index contributed by atoms with van der Waals surface area (Å²) < 4.78 is 5.38.